The van der Waals surface area contributed by atoms with Crippen LogP contribution in [0.2, 0.25) is 0 Å². The third-order valence-electron chi connectivity index (χ3n) is 3.02. The second-order valence-corrected chi connectivity index (χ2v) is 4.22. The molecule has 1 N–H and O–H groups in total. The highest BCUT2D eigenvalue weighted by Gasteiger charge is 2.31. The van der Waals surface area contributed by atoms with E-state index in [1.165, 1.54) is 12.1 Å². The van der Waals surface area contributed by atoms with E-state index in [0.29, 0.717) is 0 Å². The number of aliphatic hydroxyl groups excluding tert-OH is 1. The standard InChI is InChI=1S/C12H13F3O2/c13-12(14,15)17-9-6-4-8(5-7-9)10-2-1-3-11(10)16/h4-7,10-11,16H,1-3H2/t10-,11-/m1/s1. The van der Waals surface area contributed by atoms with E-state index in [-0.39, 0.29) is 17.8 Å². The van der Waals surface area contributed by atoms with Gasteiger partial charge in [-0.3, -0.25) is 0 Å². The van der Waals surface area contributed by atoms with Gasteiger partial charge in [-0.05, 0) is 30.5 Å². The summed E-state index contributed by atoms with van der Waals surface area (Å²) >= 11 is 0. The van der Waals surface area contributed by atoms with Gasteiger partial charge in [-0.1, -0.05) is 18.6 Å². The molecule has 0 aliphatic heterocycles. The van der Waals surface area contributed by atoms with Gasteiger partial charge < -0.3 is 9.84 Å². The van der Waals surface area contributed by atoms with Crippen molar-refractivity contribution < 1.29 is 23.0 Å². The average molecular weight is 246 g/mol. The maximum absolute atomic E-state index is 11.9. The van der Waals surface area contributed by atoms with E-state index in [1.54, 1.807) is 12.1 Å². The third kappa shape index (κ3) is 3.12. The summed E-state index contributed by atoms with van der Waals surface area (Å²) < 4.78 is 39.6. The van der Waals surface area contributed by atoms with Crippen LogP contribution in [0.15, 0.2) is 24.3 Å². The quantitative estimate of drug-likeness (QED) is 0.868. The predicted molar refractivity (Wildman–Crippen MR) is 55.7 cm³/mol. The zero-order valence-corrected chi connectivity index (χ0v) is 9.07. The van der Waals surface area contributed by atoms with Gasteiger partial charge in [0.15, 0.2) is 0 Å². The normalized spacial score (nSPS) is 24.9. The molecule has 1 saturated carbocycles. The molecule has 0 saturated heterocycles. The van der Waals surface area contributed by atoms with Crippen LogP contribution in [0.4, 0.5) is 13.2 Å². The van der Waals surface area contributed by atoms with Gasteiger partial charge in [-0.15, -0.1) is 13.2 Å². The van der Waals surface area contributed by atoms with E-state index in [2.05, 4.69) is 4.74 Å². The Labute approximate surface area is 97.0 Å². The van der Waals surface area contributed by atoms with Gasteiger partial charge >= 0.3 is 6.36 Å². The van der Waals surface area contributed by atoms with Crippen LogP contribution in [0.3, 0.4) is 0 Å². The molecular weight excluding hydrogens is 233 g/mol. The molecule has 1 aliphatic rings. The van der Waals surface area contributed by atoms with E-state index in [1.807, 2.05) is 0 Å². The lowest BCUT2D eigenvalue weighted by Crippen LogP contribution is -2.17. The third-order valence-corrected chi connectivity index (χ3v) is 3.02. The fourth-order valence-corrected chi connectivity index (χ4v) is 2.25. The minimum atomic E-state index is -4.66. The molecule has 0 amide bonds. The van der Waals surface area contributed by atoms with Crippen molar-refractivity contribution in [3.63, 3.8) is 0 Å². The Morgan fingerprint density at radius 2 is 1.76 bits per heavy atom. The van der Waals surface area contributed by atoms with Crippen molar-refractivity contribution in [1.29, 1.82) is 0 Å². The monoisotopic (exact) mass is 246 g/mol. The first kappa shape index (κ1) is 12.2. The largest absolute Gasteiger partial charge is 0.573 e. The van der Waals surface area contributed by atoms with Crippen molar-refractivity contribution in [2.24, 2.45) is 0 Å². The van der Waals surface area contributed by atoms with Gasteiger partial charge in [0, 0.05) is 5.92 Å². The minimum Gasteiger partial charge on any atom is -0.406 e. The summed E-state index contributed by atoms with van der Waals surface area (Å²) in [6.07, 6.45) is -2.46. The maximum Gasteiger partial charge on any atom is 0.573 e. The van der Waals surface area contributed by atoms with E-state index in [9.17, 15) is 18.3 Å². The molecule has 0 bridgehead atoms. The van der Waals surface area contributed by atoms with Crippen LogP contribution < -0.4 is 4.74 Å². The smallest absolute Gasteiger partial charge is 0.406 e. The molecule has 17 heavy (non-hydrogen) atoms. The van der Waals surface area contributed by atoms with Crippen molar-refractivity contribution in [1.82, 2.24) is 0 Å². The second-order valence-electron chi connectivity index (χ2n) is 4.22. The number of hydrogen-bond acceptors (Lipinski definition) is 2. The Kier molecular flexibility index (Phi) is 3.28. The van der Waals surface area contributed by atoms with Crippen molar-refractivity contribution >= 4 is 0 Å². The van der Waals surface area contributed by atoms with Crippen LogP contribution in [0, 0.1) is 0 Å². The first-order valence-corrected chi connectivity index (χ1v) is 5.49. The van der Waals surface area contributed by atoms with Gasteiger partial charge in [-0.2, -0.15) is 0 Å². The number of rotatable bonds is 2. The summed E-state index contributed by atoms with van der Waals surface area (Å²) in [4.78, 5) is 0. The van der Waals surface area contributed by atoms with E-state index >= 15 is 0 Å². The molecule has 1 fully saturated rings. The van der Waals surface area contributed by atoms with E-state index in [0.717, 1.165) is 24.8 Å². The molecule has 0 radical (unpaired) electrons. The first-order valence-electron chi connectivity index (χ1n) is 5.49. The van der Waals surface area contributed by atoms with Crippen molar-refractivity contribution in [3.8, 4) is 5.75 Å². The number of halogens is 3. The summed E-state index contributed by atoms with van der Waals surface area (Å²) in [7, 11) is 0. The molecule has 94 valence electrons. The lowest BCUT2D eigenvalue weighted by atomic mass is 9.96. The number of ether oxygens (including phenoxy) is 1. The van der Waals surface area contributed by atoms with Gasteiger partial charge in [0.2, 0.25) is 0 Å². The zero-order chi connectivity index (χ0) is 12.5. The summed E-state index contributed by atoms with van der Waals surface area (Å²) in [5.74, 6) is -0.191. The lowest BCUT2D eigenvalue weighted by molar-refractivity contribution is -0.274. The molecule has 2 rings (SSSR count). The van der Waals surface area contributed by atoms with Crippen molar-refractivity contribution in [3.05, 3.63) is 29.8 Å². The predicted octanol–water partition coefficient (Wildman–Crippen LogP) is 3.21. The van der Waals surface area contributed by atoms with Crippen LogP contribution in [-0.2, 0) is 0 Å². The molecule has 5 heteroatoms. The average Bonchev–Trinajstić information content (AvgIpc) is 2.63. The molecule has 1 aromatic rings. The molecule has 0 heterocycles. The van der Waals surface area contributed by atoms with Crippen LogP contribution in [-0.4, -0.2) is 17.6 Å². The minimum absolute atomic E-state index is 0.0370. The van der Waals surface area contributed by atoms with Gasteiger partial charge in [-0.25, -0.2) is 0 Å². The number of hydrogen-bond donors (Lipinski definition) is 1. The SMILES string of the molecule is O[C@@H]1CCC[C@@H]1c1ccc(OC(F)(F)F)cc1. The topological polar surface area (TPSA) is 29.5 Å². The molecule has 2 atom stereocenters. The molecular formula is C12H13F3O2. The Morgan fingerprint density at radius 3 is 2.24 bits per heavy atom. The van der Waals surface area contributed by atoms with Crippen molar-refractivity contribution in [2.75, 3.05) is 0 Å². The first-order chi connectivity index (χ1) is 7.96. The van der Waals surface area contributed by atoms with Crippen LogP contribution >= 0.6 is 0 Å². The summed E-state index contributed by atoms with van der Waals surface area (Å²) in [6.45, 7) is 0. The number of alkyl halides is 3. The number of benzene rings is 1. The Balaban J connectivity index is 2.07. The molecule has 1 aromatic carbocycles. The van der Waals surface area contributed by atoms with Crippen molar-refractivity contribution in [2.45, 2.75) is 37.6 Å². The van der Waals surface area contributed by atoms with E-state index < -0.39 is 6.36 Å². The Bertz CT molecular complexity index is 372. The van der Waals surface area contributed by atoms with E-state index in [4.69, 9.17) is 0 Å². The van der Waals surface area contributed by atoms with Gasteiger partial charge in [0.1, 0.15) is 5.75 Å². The van der Waals surface area contributed by atoms with Crippen LogP contribution in [0.25, 0.3) is 0 Å². The lowest BCUT2D eigenvalue weighted by Gasteiger charge is -2.15. The highest BCUT2D eigenvalue weighted by atomic mass is 19.4. The molecule has 0 aromatic heterocycles. The fraction of sp³-hybridized carbons (Fsp3) is 0.500. The van der Waals surface area contributed by atoms with Crippen LogP contribution in [0.1, 0.15) is 30.7 Å². The molecule has 0 unspecified atom stereocenters. The Morgan fingerprint density at radius 1 is 1.12 bits per heavy atom. The highest BCUT2D eigenvalue weighted by molar-refractivity contribution is 5.30. The summed E-state index contributed by atoms with van der Waals surface area (Å²) in [6, 6.07) is 5.74. The molecule has 1 aliphatic carbocycles. The molecule has 2 nitrogen and oxygen atoms in total. The van der Waals surface area contributed by atoms with Gasteiger partial charge in [0.25, 0.3) is 0 Å². The fourth-order valence-electron chi connectivity index (χ4n) is 2.25. The second kappa shape index (κ2) is 4.56. The van der Waals surface area contributed by atoms with Crippen LogP contribution in [0.5, 0.6) is 5.75 Å². The number of aliphatic hydroxyl groups is 1. The van der Waals surface area contributed by atoms with Gasteiger partial charge in [0.05, 0.1) is 6.10 Å². The Hall–Kier alpha value is -1.23. The maximum atomic E-state index is 11.9. The summed E-state index contributed by atoms with van der Waals surface area (Å²) in [5.41, 5.74) is 0.865. The zero-order valence-electron chi connectivity index (χ0n) is 9.07. The highest BCUT2D eigenvalue weighted by Crippen LogP contribution is 2.35. The summed E-state index contributed by atoms with van der Waals surface area (Å²) in [5, 5.41) is 9.69. The molecule has 0 spiro atoms.